The molecule has 0 unspecified atom stereocenters. The number of hydrogen-bond acceptors (Lipinski definition) is 5. The summed E-state index contributed by atoms with van der Waals surface area (Å²) in [5, 5.41) is 2.63. The number of aryl methyl sites for hydroxylation is 1. The summed E-state index contributed by atoms with van der Waals surface area (Å²) in [4.78, 5) is 19.6. The summed E-state index contributed by atoms with van der Waals surface area (Å²) in [5.41, 5.74) is 2.71. The van der Waals surface area contributed by atoms with Crippen LogP contribution in [0.1, 0.15) is 19.0 Å². The van der Waals surface area contributed by atoms with Gasteiger partial charge >= 0.3 is 10.2 Å². The second kappa shape index (κ2) is 6.77. The zero-order valence-electron chi connectivity index (χ0n) is 14.0. The molecule has 9 heteroatoms. The monoisotopic (exact) mass is 361 g/mol. The Morgan fingerprint density at radius 2 is 2.08 bits per heavy atom. The van der Waals surface area contributed by atoms with Crippen LogP contribution < -0.4 is 14.3 Å². The SMILES string of the molecule is CC(=O)Nc1cc(-c2cnc(C)c(N3CCCNS3(=O)=O)c2)ccn1. The third kappa shape index (κ3) is 3.77. The molecule has 0 aromatic carbocycles. The molecule has 0 aliphatic carbocycles. The zero-order chi connectivity index (χ0) is 18.0. The van der Waals surface area contributed by atoms with Crippen molar-refractivity contribution in [1.82, 2.24) is 14.7 Å². The Hall–Kier alpha value is -2.52. The van der Waals surface area contributed by atoms with Crippen LogP contribution in [0.5, 0.6) is 0 Å². The van der Waals surface area contributed by atoms with Crippen molar-refractivity contribution in [2.24, 2.45) is 0 Å². The minimum Gasteiger partial charge on any atom is -0.311 e. The van der Waals surface area contributed by atoms with Crippen molar-refractivity contribution in [3.63, 3.8) is 0 Å². The molecule has 0 radical (unpaired) electrons. The van der Waals surface area contributed by atoms with Crippen molar-refractivity contribution in [1.29, 1.82) is 0 Å². The maximum Gasteiger partial charge on any atom is 0.301 e. The summed E-state index contributed by atoms with van der Waals surface area (Å²) in [6.45, 7) is 4.04. The van der Waals surface area contributed by atoms with Gasteiger partial charge in [-0.25, -0.2) is 4.98 Å². The van der Waals surface area contributed by atoms with Gasteiger partial charge in [-0.1, -0.05) is 0 Å². The molecule has 1 amide bonds. The maximum absolute atomic E-state index is 12.3. The molecule has 0 spiro atoms. The van der Waals surface area contributed by atoms with E-state index in [2.05, 4.69) is 20.0 Å². The molecule has 1 fully saturated rings. The van der Waals surface area contributed by atoms with E-state index in [9.17, 15) is 13.2 Å². The Bertz CT molecular complexity index is 914. The summed E-state index contributed by atoms with van der Waals surface area (Å²) in [5.74, 6) is 0.220. The van der Waals surface area contributed by atoms with E-state index in [0.717, 1.165) is 17.5 Å². The van der Waals surface area contributed by atoms with Crippen LogP contribution in [0, 0.1) is 6.92 Å². The molecule has 3 rings (SSSR count). The number of nitrogens with zero attached hydrogens (tertiary/aromatic N) is 3. The highest BCUT2D eigenvalue weighted by Crippen LogP contribution is 2.29. The van der Waals surface area contributed by atoms with E-state index in [1.165, 1.54) is 11.2 Å². The van der Waals surface area contributed by atoms with Crippen molar-refractivity contribution < 1.29 is 13.2 Å². The van der Waals surface area contributed by atoms with Crippen LogP contribution >= 0.6 is 0 Å². The first-order valence-electron chi connectivity index (χ1n) is 7.85. The first kappa shape index (κ1) is 17.3. The van der Waals surface area contributed by atoms with Gasteiger partial charge in [0.05, 0.1) is 11.4 Å². The third-order valence-corrected chi connectivity index (χ3v) is 5.37. The molecule has 0 saturated carbocycles. The molecule has 1 aliphatic heterocycles. The van der Waals surface area contributed by atoms with Crippen LogP contribution in [0.4, 0.5) is 11.5 Å². The molecular weight excluding hydrogens is 342 g/mol. The molecule has 1 aliphatic rings. The van der Waals surface area contributed by atoms with E-state index in [4.69, 9.17) is 0 Å². The molecule has 25 heavy (non-hydrogen) atoms. The van der Waals surface area contributed by atoms with Crippen LogP contribution in [-0.4, -0.2) is 37.4 Å². The van der Waals surface area contributed by atoms with E-state index in [0.29, 0.717) is 30.3 Å². The van der Waals surface area contributed by atoms with Gasteiger partial charge in [0.15, 0.2) is 0 Å². The largest absolute Gasteiger partial charge is 0.311 e. The number of carbonyl (C=O) groups excluding carboxylic acids is 1. The van der Waals surface area contributed by atoms with E-state index in [1.54, 1.807) is 37.5 Å². The number of hydrogen-bond donors (Lipinski definition) is 2. The molecule has 2 aromatic heterocycles. The first-order chi connectivity index (χ1) is 11.9. The summed E-state index contributed by atoms with van der Waals surface area (Å²) in [7, 11) is -3.55. The number of rotatable bonds is 3. The molecule has 1 saturated heterocycles. The van der Waals surface area contributed by atoms with Crippen molar-refractivity contribution in [3.05, 3.63) is 36.3 Å². The molecule has 0 bridgehead atoms. The average molecular weight is 361 g/mol. The molecule has 0 atom stereocenters. The average Bonchev–Trinajstić information content (AvgIpc) is 2.55. The van der Waals surface area contributed by atoms with Crippen molar-refractivity contribution in [3.8, 4) is 11.1 Å². The predicted molar refractivity (Wildman–Crippen MR) is 95.4 cm³/mol. The van der Waals surface area contributed by atoms with Crippen LogP contribution in [0.25, 0.3) is 11.1 Å². The maximum atomic E-state index is 12.3. The number of anilines is 2. The summed E-state index contributed by atoms with van der Waals surface area (Å²) in [6, 6.07) is 5.30. The summed E-state index contributed by atoms with van der Waals surface area (Å²) in [6.07, 6.45) is 3.99. The van der Waals surface area contributed by atoms with Crippen molar-refractivity contribution in [2.75, 3.05) is 22.7 Å². The fourth-order valence-electron chi connectivity index (χ4n) is 2.66. The van der Waals surface area contributed by atoms with E-state index >= 15 is 0 Å². The highest BCUT2D eigenvalue weighted by Gasteiger charge is 2.27. The number of pyridine rings is 2. The fraction of sp³-hybridized carbons (Fsp3) is 0.312. The van der Waals surface area contributed by atoms with E-state index in [1.807, 2.05) is 0 Å². The van der Waals surface area contributed by atoms with Crippen molar-refractivity contribution in [2.45, 2.75) is 20.3 Å². The highest BCUT2D eigenvalue weighted by atomic mass is 32.2. The van der Waals surface area contributed by atoms with E-state index in [-0.39, 0.29) is 5.91 Å². The van der Waals surface area contributed by atoms with Gasteiger partial charge in [-0.3, -0.25) is 14.1 Å². The van der Waals surface area contributed by atoms with Crippen molar-refractivity contribution >= 4 is 27.6 Å². The molecule has 132 valence electrons. The number of nitrogens with one attached hydrogen (secondary N) is 2. The smallest absolute Gasteiger partial charge is 0.301 e. The van der Waals surface area contributed by atoms with Crippen LogP contribution in [0.2, 0.25) is 0 Å². The van der Waals surface area contributed by atoms with Crippen LogP contribution in [0.15, 0.2) is 30.6 Å². The third-order valence-electron chi connectivity index (χ3n) is 3.84. The Morgan fingerprint density at radius 3 is 2.80 bits per heavy atom. The minimum absolute atomic E-state index is 0.210. The predicted octanol–water partition coefficient (Wildman–Crippen LogP) is 1.45. The van der Waals surface area contributed by atoms with Crippen LogP contribution in [0.3, 0.4) is 0 Å². The number of amides is 1. The van der Waals surface area contributed by atoms with Gasteiger partial charge in [-0.15, -0.1) is 0 Å². The molecular formula is C16H19N5O3S. The Morgan fingerprint density at radius 1 is 1.28 bits per heavy atom. The molecule has 8 nitrogen and oxygen atoms in total. The fourth-order valence-corrected chi connectivity index (χ4v) is 4.03. The summed E-state index contributed by atoms with van der Waals surface area (Å²) >= 11 is 0. The lowest BCUT2D eigenvalue weighted by atomic mass is 10.1. The van der Waals surface area contributed by atoms with Gasteiger partial charge in [0.25, 0.3) is 0 Å². The second-order valence-electron chi connectivity index (χ2n) is 5.76. The van der Waals surface area contributed by atoms with Gasteiger partial charge in [0.1, 0.15) is 5.82 Å². The first-order valence-corrected chi connectivity index (χ1v) is 9.29. The molecule has 2 aromatic rings. The van der Waals surface area contributed by atoms with Gasteiger partial charge < -0.3 is 5.32 Å². The van der Waals surface area contributed by atoms with E-state index < -0.39 is 10.2 Å². The van der Waals surface area contributed by atoms with Crippen LogP contribution in [-0.2, 0) is 15.0 Å². The second-order valence-corrected chi connectivity index (χ2v) is 7.44. The lowest BCUT2D eigenvalue weighted by molar-refractivity contribution is -0.114. The highest BCUT2D eigenvalue weighted by molar-refractivity contribution is 7.90. The lowest BCUT2D eigenvalue weighted by Crippen LogP contribution is -2.47. The number of carbonyl (C=O) groups is 1. The topological polar surface area (TPSA) is 104 Å². The van der Waals surface area contributed by atoms with Gasteiger partial charge in [-0.05, 0) is 37.1 Å². The molecule has 3 heterocycles. The van der Waals surface area contributed by atoms with Gasteiger partial charge in [-0.2, -0.15) is 13.1 Å². The Balaban J connectivity index is 2.01. The Kier molecular flexibility index (Phi) is 4.69. The quantitative estimate of drug-likeness (QED) is 0.861. The normalized spacial score (nSPS) is 16.5. The summed E-state index contributed by atoms with van der Waals surface area (Å²) < 4.78 is 28.5. The lowest BCUT2D eigenvalue weighted by Gasteiger charge is -2.29. The number of aromatic nitrogens is 2. The van der Waals surface area contributed by atoms with Gasteiger partial charge in [0.2, 0.25) is 5.91 Å². The van der Waals surface area contributed by atoms with Gasteiger partial charge in [0, 0.05) is 38.0 Å². The Labute approximate surface area is 146 Å². The minimum atomic E-state index is -3.55. The molecule has 2 N–H and O–H groups in total. The zero-order valence-corrected chi connectivity index (χ0v) is 14.8. The standard InChI is InChI=1S/C16H19N5O3S/c1-11-15(21-7-3-5-19-25(21,23)24)8-14(10-18-11)13-4-6-17-16(9-13)20-12(2)22/h4,6,8-10,19H,3,5,7H2,1-2H3,(H,17,20,22).